The van der Waals surface area contributed by atoms with Crippen LogP contribution < -0.4 is 4.90 Å². The molecule has 1 amide bonds. The minimum Gasteiger partial charge on any atom is -0.379 e. The number of ether oxygens (including phenoxy) is 1. The molecule has 1 fully saturated rings. The number of sulfonamides is 1. The van der Waals surface area contributed by atoms with Gasteiger partial charge in [-0.25, -0.2) is 12.8 Å². The van der Waals surface area contributed by atoms with Crippen molar-refractivity contribution in [2.24, 2.45) is 0 Å². The second-order valence-electron chi connectivity index (χ2n) is 6.91. The van der Waals surface area contributed by atoms with Gasteiger partial charge in [0, 0.05) is 25.3 Å². The van der Waals surface area contributed by atoms with Gasteiger partial charge in [0.1, 0.15) is 5.82 Å². The fourth-order valence-corrected chi connectivity index (χ4v) is 5.07. The van der Waals surface area contributed by atoms with Crippen LogP contribution in [0.2, 0.25) is 0 Å². The Hall–Kier alpha value is -2.29. The Bertz CT molecular complexity index is 986. The van der Waals surface area contributed by atoms with Crippen molar-refractivity contribution in [3.63, 3.8) is 0 Å². The van der Waals surface area contributed by atoms with E-state index in [2.05, 4.69) is 0 Å². The normalized spacial score (nSPS) is 17.5. The number of carbonyl (C=O) groups excluding carboxylic acids is 1. The lowest BCUT2D eigenvalue weighted by atomic mass is 10.1. The third kappa shape index (κ3) is 3.67. The van der Waals surface area contributed by atoms with Crippen LogP contribution in [0.3, 0.4) is 0 Å². The highest BCUT2D eigenvalue weighted by molar-refractivity contribution is 7.89. The molecule has 0 radical (unpaired) electrons. The number of nitrogens with zero attached hydrogens (tertiary/aromatic N) is 2. The maximum Gasteiger partial charge on any atom is 0.243 e. The van der Waals surface area contributed by atoms with E-state index in [-0.39, 0.29) is 23.0 Å². The minimum atomic E-state index is -3.56. The van der Waals surface area contributed by atoms with Crippen molar-refractivity contribution >= 4 is 21.6 Å². The van der Waals surface area contributed by atoms with E-state index >= 15 is 0 Å². The number of fused-ring (bicyclic) bond motifs is 1. The van der Waals surface area contributed by atoms with Crippen molar-refractivity contribution in [1.82, 2.24) is 4.31 Å². The Labute approximate surface area is 163 Å². The first-order valence-corrected chi connectivity index (χ1v) is 10.6. The maximum absolute atomic E-state index is 13.0. The van der Waals surface area contributed by atoms with Gasteiger partial charge in [0.05, 0.1) is 24.5 Å². The van der Waals surface area contributed by atoms with Crippen LogP contribution in [0.5, 0.6) is 0 Å². The zero-order chi connectivity index (χ0) is 19.7. The Morgan fingerprint density at radius 3 is 2.46 bits per heavy atom. The van der Waals surface area contributed by atoms with Gasteiger partial charge in [-0.3, -0.25) is 4.79 Å². The summed E-state index contributed by atoms with van der Waals surface area (Å²) < 4.78 is 45.4. The summed E-state index contributed by atoms with van der Waals surface area (Å²) in [7, 11) is -3.56. The van der Waals surface area contributed by atoms with E-state index in [0.29, 0.717) is 39.3 Å². The quantitative estimate of drug-likeness (QED) is 0.782. The number of hydrogen-bond donors (Lipinski definition) is 0. The van der Waals surface area contributed by atoms with E-state index in [1.807, 2.05) is 0 Å². The standard InChI is InChI=1S/C20H21FN2O4S/c21-17-3-1-15(2-4-17)13-20(24)23-8-7-16-14-18(5-6-19(16)23)28(25,26)22-9-11-27-12-10-22/h1-6,14H,7-13H2. The first-order valence-electron chi connectivity index (χ1n) is 9.21. The monoisotopic (exact) mass is 404 g/mol. The van der Waals surface area contributed by atoms with Crippen molar-refractivity contribution in [3.8, 4) is 0 Å². The summed E-state index contributed by atoms with van der Waals surface area (Å²) in [4.78, 5) is 14.6. The number of halogens is 1. The van der Waals surface area contributed by atoms with Crippen molar-refractivity contribution in [2.45, 2.75) is 17.7 Å². The number of carbonyl (C=O) groups is 1. The number of morpholine rings is 1. The zero-order valence-electron chi connectivity index (χ0n) is 15.3. The third-order valence-electron chi connectivity index (χ3n) is 5.12. The van der Waals surface area contributed by atoms with Gasteiger partial charge in [0.2, 0.25) is 15.9 Å². The van der Waals surface area contributed by atoms with Gasteiger partial charge in [-0.05, 0) is 47.9 Å². The van der Waals surface area contributed by atoms with E-state index in [1.54, 1.807) is 35.2 Å². The van der Waals surface area contributed by atoms with Crippen LogP contribution in [0.15, 0.2) is 47.4 Å². The summed E-state index contributed by atoms with van der Waals surface area (Å²) in [5.74, 6) is -0.425. The largest absolute Gasteiger partial charge is 0.379 e. The van der Waals surface area contributed by atoms with Crippen molar-refractivity contribution in [1.29, 1.82) is 0 Å². The molecule has 0 spiro atoms. The molecule has 1 saturated heterocycles. The van der Waals surface area contributed by atoms with Gasteiger partial charge >= 0.3 is 0 Å². The summed E-state index contributed by atoms with van der Waals surface area (Å²) in [6.07, 6.45) is 0.782. The Kier molecular flexibility index (Phi) is 5.18. The van der Waals surface area contributed by atoms with Crippen LogP contribution in [0.25, 0.3) is 0 Å². The molecule has 2 heterocycles. The van der Waals surface area contributed by atoms with Gasteiger partial charge in [-0.15, -0.1) is 0 Å². The predicted octanol–water partition coefficient (Wildman–Crippen LogP) is 1.98. The molecule has 0 atom stereocenters. The summed E-state index contributed by atoms with van der Waals surface area (Å²) in [6, 6.07) is 10.8. The maximum atomic E-state index is 13.0. The van der Waals surface area contributed by atoms with Crippen molar-refractivity contribution < 1.29 is 22.3 Å². The van der Waals surface area contributed by atoms with E-state index in [0.717, 1.165) is 16.8 Å². The molecule has 2 aromatic rings. The van der Waals surface area contributed by atoms with E-state index < -0.39 is 10.0 Å². The number of benzene rings is 2. The average molecular weight is 404 g/mol. The Balaban J connectivity index is 1.53. The first-order chi connectivity index (χ1) is 13.4. The zero-order valence-corrected chi connectivity index (χ0v) is 16.1. The molecule has 4 rings (SSSR count). The van der Waals surface area contributed by atoms with E-state index in [1.165, 1.54) is 16.4 Å². The molecule has 0 unspecified atom stereocenters. The molecule has 2 aliphatic rings. The average Bonchev–Trinajstić information content (AvgIpc) is 3.14. The molecule has 0 saturated carbocycles. The molecule has 8 heteroatoms. The van der Waals surface area contributed by atoms with Gasteiger partial charge in [0.15, 0.2) is 0 Å². The molecule has 28 heavy (non-hydrogen) atoms. The lowest BCUT2D eigenvalue weighted by Crippen LogP contribution is -2.40. The number of hydrogen-bond acceptors (Lipinski definition) is 4. The lowest BCUT2D eigenvalue weighted by molar-refractivity contribution is -0.117. The molecule has 0 aliphatic carbocycles. The topological polar surface area (TPSA) is 66.9 Å². The molecule has 0 N–H and O–H groups in total. The van der Waals surface area contributed by atoms with Gasteiger partial charge < -0.3 is 9.64 Å². The van der Waals surface area contributed by atoms with Crippen LogP contribution in [0, 0.1) is 5.82 Å². The van der Waals surface area contributed by atoms with Crippen molar-refractivity contribution in [2.75, 3.05) is 37.7 Å². The van der Waals surface area contributed by atoms with Crippen LogP contribution in [0.4, 0.5) is 10.1 Å². The van der Waals surface area contributed by atoms with Crippen LogP contribution in [-0.2, 0) is 32.4 Å². The van der Waals surface area contributed by atoms with E-state index in [4.69, 9.17) is 4.74 Å². The first kappa shape index (κ1) is 19.0. The van der Waals surface area contributed by atoms with Gasteiger partial charge in [0.25, 0.3) is 0 Å². The second-order valence-corrected chi connectivity index (χ2v) is 8.84. The Morgan fingerprint density at radius 1 is 1.04 bits per heavy atom. The molecule has 0 aromatic heterocycles. The number of anilines is 1. The fraction of sp³-hybridized carbons (Fsp3) is 0.350. The molecular weight excluding hydrogens is 383 g/mol. The SMILES string of the molecule is O=C(Cc1ccc(F)cc1)N1CCc2cc(S(=O)(=O)N3CCOCC3)ccc21. The van der Waals surface area contributed by atoms with Gasteiger partial charge in [-0.2, -0.15) is 4.31 Å². The molecule has 0 bridgehead atoms. The molecule has 148 valence electrons. The minimum absolute atomic E-state index is 0.0888. The summed E-state index contributed by atoms with van der Waals surface area (Å²) >= 11 is 0. The highest BCUT2D eigenvalue weighted by Crippen LogP contribution is 2.31. The Morgan fingerprint density at radius 2 is 1.75 bits per heavy atom. The molecule has 2 aromatic carbocycles. The predicted molar refractivity (Wildman–Crippen MR) is 102 cm³/mol. The fourth-order valence-electron chi connectivity index (χ4n) is 3.61. The smallest absolute Gasteiger partial charge is 0.243 e. The summed E-state index contributed by atoms with van der Waals surface area (Å²) in [5.41, 5.74) is 2.33. The molecule has 6 nitrogen and oxygen atoms in total. The van der Waals surface area contributed by atoms with Crippen LogP contribution in [-0.4, -0.2) is 51.5 Å². The highest BCUT2D eigenvalue weighted by atomic mass is 32.2. The van der Waals surface area contributed by atoms with Crippen LogP contribution in [0.1, 0.15) is 11.1 Å². The number of rotatable bonds is 4. The van der Waals surface area contributed by atoms with Gasteiger partial charge in [-0.1, -0.05) is 12.1 Å². The third-order valence-corrected chi connectivity index (χ3v) is 7.02. The number of amides is 1. The highest BCUT2D eigenvalue weighted by Gasteiger charge is 2.30. The second kappa shape index (κ2) is 7.62. The van der Waals surface area contributed by atoms with E-state index in [9.17, 15) is 17.6 Å². The van der Waals surface area contributed by atoms with Crippen LogP contribution >= 0.6 is 0 Å². The summed E-state index contributed by atoms with van der Waals surface area (Å²) in [5, 5.41) is 0. The molecule has 2 aliphatic heterocycles. The lowest BCUT2D eigenvalue weighted by Gasteiger charge is -2.26. The summed E-state index contributed by atoms with van der Waals surface area (Å²) in [6.45, 7) is 2.01. The van der Waals surface area contributed by atoms with Crippen molar-refractivity contribution in [3.05, 3.63) is 59.4 Å². The molecular formula is C20H21FN2O4S.